The van der Waals surface area contributed by atoms with Crippen LogP contribution in [0.2, 0.25) is 0 Å². The molecule has 0 fully saturated rings. The lowest BCUT2D eigenvalue weighted by Crippen LogP contribution is -2.19. The molecule has 6 nitrogen and oxygen atoms in total. The van der Waals surface area contributed by atoms with Crippen molar-refractivity contribution in [2.45, 2.75) is 38.5 Å². The molecule has 0 bridgehead atoms. The van der Waals surface area contributed by atoms with Crippen molar-refractivity contribution in [2.24, 2.45) is 0 Å². The molecule has 3 aromatic rings. The topological polar surface area (TPSA) is 92.9 Å². The number of aromatic nitrogens is 2. The highest BCUT2D eigenvalue weighted by Crippen LogP contribution is 2.23. The number of nitriles is 1. The smallest absolute Gasteiger partial charge is 0.306 e. The van der Waals surface area contributed by atoms with Crippen LogP contribution < -0.4 is 0 Å². The quantitative estimate of drug-likeness (QED) is 0.386. The maximum Gasteiger partial charge on any atom is 0.306 e. The molecule has 1 atom stereocenters. The van der Waals surface area contributed by atoms with E-state index in [4.69, 9.17) is 4.74 Å². The van der Waals surface area contributed by atoms with Crippen LogP contribution in [0.4, 0.5) is 0 Å². The van der Waals surface area contributed by atoms with Gasteiger partial charge in [0.05, 0.1) is 21.3 Å². The maximum absolute atomic E-state index is 12.1. The summed E-state index contributed by atoms with van der Waals surface area (Å²) in [5.41, 5.74) is 1.76. The predicted octanol–water partition coefficient (Wildman–Crippen LogP) is 4.19. The summed E-state index contributed by atoms with van der Waals surface area (Å²) >= 11 is 2.93. The normalized spacial score (nSPS) is 11.9. The number of hydrogen-bond donors (Lipinski definition) is 0. The van der Waals surface area contributed by atoms with E-state index in [0.29, 0.717) is 11.4 Å². The fourth-order valence-electron chi connectivity index (χ4n) is 2.65. The first-order valence-electron chi connectivity index (χ1n) is 8.91. The highest BCUT2D eigenvalue weighted by Gasteiger charge is 2.24. The van der Waals surface area contributed by atoms with Crippen molar-refractivity contribution in [3.05, 3.63) is 45.4 Å². The van der Waals surface area contributed by atoms with Crippen molar-refractivity contribution >= 4 is 44.6 Å². The van der Waals surface area contributed by atoms with Crippen LogP contribution in [0.1, 0.15) is 40.9 Å². The number of esters is 1. The van der Waals surface area contributed by atoms with E-state index in [1.165, 1.54) is 11.3 Å². The SMILES string of the molecule is Cc1csc([C@H](C#N)C(=O)COC(=O)CCCCc2nc3ccccc3s2)n1. The number of thiazole rings is 2. The van der Waals surface area contributed by atoms with Gasteiger partial charge in [-0.2, -0.15) is 5.26 Å². The van der Waals surface area contributed by atoms with Gasteiger partial charge in [-0.3, -0.25) is 9.59 Å². The van der Waals surface area contributed by atoms with Gasteiger partial charge in [-0.15, -0.1) is 22.7 Å². The number of carbonyl (C=O) groups excluding carboxylic acids is 2. The molecule has 3 rings (SSSR count). The Balaban J connectivity index is 1.38. The second kappa shape index (κ2) is 9.53. The Morgan fingerprint density at radius 1 is 1.25 bits per heavy atom. The van der Waals surface area contributed by atoms with E-state index in [1.54, 1.807) is 23.6 Å². The molecule has 8 heteroatoms. The van der Waals surface area contributed by atoms with Crippen molar-refractivity contribution in [1.29, 1.82) is 5.26 Å². The first kappa shape index (κ1) is 20.1. The molecular formula is C20H19N3O3S2. The maximum atomic E-state index is 12.1. The van der Waals surface area contributed by atoms with Gasteiger partial charge in [0.1, 0.15) is 5.01 Å². The second-order valence-electron chi connectivity index (χ2n) is 6.30. The molecule has 0 radical (unpaired) electrons. The van der Waals surface area contributed by atoms with E-state index < -0.39 is 24.3 Å². The van der Waals surface area contributed by atoms with Crippen LogP contribution in [0.5, 0.6) is 0 Å². The zero-order valence-electron chi connectivity index (χ0n) is 15.4. The van der Waals surface area contributed by atoms with Gasteiger partial charge in [0.15, 0.2) is 18.3 Å². The molecule has 0 spiro atoms. The van der Waals surface area contributed by atoms with Crippen LogP contribution in [0.3, 0.4) is 0 Å². The van der Waals surface area contributed by atoms with E-state index in [1.807, 2.05) is 30.3 Å². The van der Waals surface area contributed by atoms with Crippen LogP contribution in [-0.2, 0) is 20.7 Å². The fraction of sp³-hybridized carbons (Fsp3) is 0.350. The monoisotopic (exact) mass is 413 g/mol. The molecule has 28 heavy (non-hydrogen) atoms. The predicted molar refractivity (Wildman–Crippen MR) is 108 cm³/mol. The zero-order valence-corrected chi connectivity index (χ0v) is 17.0. The van der Waals surface area contributed by atoms with E-state index in [2.05, 4.69) is 9.97 Å². The minimum atomic E-state index is -0.981. The summed E-state index contributed by atoms with van der Waals surface area (Å²) in [7, 11) is 0. The first-order valence-corrected chi connectivity index (χ1v) is 10.6. The average molecular weight is 414 g/mol. The molecule has 0 aliphatic rings. The van der Waals surface area contributed by atoms with Gasteiger partial charge in [0, 0.05) is 17.5 Å². The number of ketones is 1. The number of para-hydroxylation sites is 1. The Bertz CT molecular complexity index is 986. The number of ether oxygens (including phenoxy) is 1. The third-order valence-corrected chi connectivity index (χ3v) is 6.19. The lowest BCUT2D eigenvalue weighted by Gasteiger charge is -2.06. The van der Waals surface area contributed by atoms with Gasteiger partial charge in [-0.1, -0.05) is 12.1 Å². The van der Waals surface area contributed by atoms with Gasteiger partial charge < -0.3 is 4.74 Å². The van der Waals surface area contributed by atoms with Gasteiger partial charge in [0.2, 0.25) is 0 Å². The molecule has 1 aromatic carbocycles. The summed E-state index contributed by atoms with van der Waals surface area (Å²) in [6.07, 6.45) is 2.54. The number of benzene rings is 1. The summed E-state index contributed by atoms with van der Waals surface area (Å²) in [4.78, 5) is 32.8. The second-order valence-corrected chi connectivity index (χ2v) is 8.30. The summed E-state index contributed by atoms with van der Waals surface area (Å²) < 4.78 is 6.20. The van der Waals surface area contributed by atoms with E-state index in [9.17, 15) is 14.9 Å². The number of Topliss-reactive ketones (excluding diaryl/α,β-unsaturated/α-hetero) is 1. The van der Waals surface area contributed by atoms with Crippen LogP contribution >= 0.6 is 22.7 Å². The summed E-state index contributed by atoms with van der Waals surface area (Å²) in [6.45, 7) is 1.40. The largest absolute Gasteiger partial charge is 0.458 e. The van der Waals surface area contributed by atoms with E-state index >= 15 is 0 Å². The Labute approximate surface area is 170 Å². The molecule has 0 saturated carbocycles. The van der Waals surface area contributed by atoms with Crippen LogP contribution in [0, 0.1) is 18.3 Å². The molecule has 2 aromatic heterocycles. The van der Waals surface area contributed by atoms with Crippen LogP contribution in [0.15, 0.2) is 29.6 Å². The summed E-state index contributed by atoms with van der Waals surface area (Å²) in [5, 5.41) is 12.5. The van der Waals surface area contributed by atoms with Gasteiger partial charge >= 0.3 is 5.97 Å². The van der Waals surface area contributed by atoms with Crippen molar-refractivity contribution in [3.8, 4) is 6.07 Å². The van der Waals surface area contributed by atoms with Crippen LogP contribution in [-0.4, -0.2) is 28.3 Å². The van der Waals surface area contributed by atoms with Crippen molar-refractivity contribution in [3.63, 3.8) is 0 Å². The highest BCUT2D eigenvalue weighted by atomic mass is 32.1. The Morgan fingerprint density at radius 3 is 2.79 bits per heavy atom. The average Bonchev–Trinajstić information content (AvgIpc) is 3.30. The Morgan fingerprint density at radius 2 is 2.07 bits per heavy atom. The number of aryl methyl sites for hydroxylation is 2. The molecule has 0 aliphatic heterocycles. The molecule has 2 heterocycles. The molecule has 0 saturated heterocycles. The fourth-order valence-corrected chi connectivity index (χ4v) is 4.52. The number of unbranched alkanes of at least 4 members (excludes halogenated alkanes) is 1. The number of nitrogens with zero attached hydrogens (tertiary/aromatic N) is 3. The summed E-state index contributed by atoms with van der Waals surface area (Å²) in [6, 6.07) is 9.94. The van der Waals surface area contributed by atoms with Gasteiger partial charge in [0.25, 0.3) is 0 Å². The third kappa shape index (κ3) is 5.21. The first-order chi connectivity index (χ1) is 13.6. The number of hydrogen-bond acceptors (Lipinski definition) is 8. The highest BCUT2D eigenvalue weighted by molar-refractivity contribution is 7.18. The standard InChI is InChI=1S/C20H19N3O3S2/c1-13-12-27-20(22-13)14(10-21)16(24)11-26-19(25)9-5-4-8-18-23-15-6-2-3-7-17(15)28-18/h2-3,6-7,12,14H,4-5,8-9,11H2,1H3/t14-/m1/s1. The Kier molecular flexibility index (Phi) is 6.85. The molecule has 0 amide bonds. The van der Waals surface area contributed by atoms with E-state index in [-0.39, 0.29) is 6.42 Å². The minimum absolute atomic E-state index is 0.242. The van der Waals surface area contributed by atoms with Crippen LogP contribution in [0.25, 0.3) is 10.2 Å². The molecule has 0 N–H and O–H groups in total. The van der Waals surface area contributed by atoms with Crippen molar-refractivity contribution < 1.29 is 14.3 Å². The summed E-state index contributed by atoms with van der Waals surface area (Å²) in [5.74, 6) is -1.85. The minimum Gasteiger partial charge on any atom is -0.458 e. The Hall–Kier alpha value is -2.63. The lowest BCUT2D eigenvalue weighted by atomic mass is 10.1. The molecule has 0 aliphatic carbocycles. The van der Waals surface area contributed by atoms with Crippen molar-refractivity contribution in [2.75, 3.05) is 6.61 Å². The van der Waals surface area contributed by atoms with Gasteiger partial charge in [-0.25, -0.2) is 9.97 Å². The number of rotatable bonds is 9. The lowest BCUT2D eigenvalue weighted by molar-refractivity contribution is -0.148. The number of carbonyl (C=O) groups is 2. The number of fused-ring (bicyclic) bond motifs is 1. The van der Waals surface area contributed by atoms with Crippen molar-refractivity contribution in [1.82, 2.24) is 9.97 Å². The zero-order chi connectivity index (χ0) is 19.9. The molecule has 0 unspecified atom stereocenters. The van der Waals surface area contributed by atoms with E-state index in [0.717, 1.165) is 33.8 Å². The third-order valence-electron chi connectivity index (χ3n) is 4.07. The molecule has 144 valence electrons. The molecular weight excluding hydrogens is 394 g/mol. The van der Waals surface area contributed by atoms with Gasteiger partial charge in [-0.05, 0) is 38.3 Å².